The molecule has 2 aromatic rings. The molecule has 2 fully saturated rings. The Morgan fingerprint density at radius 3 is 2.43 bits per heavy atom. The normalized spacial score (nSPS) is 19.3. The van der Waals surface area contributed by atoms with Crippen LogP contribution in [0.2, 0.25) is 0 Å². The molecule has 2 amide bonds. The minimum atomic E-state index is -0.193. The van der Waals surface area contributed by atoms with E-state index >= 15 is 0 Å². The predicted octanol–water partition coefficient (Wildman–Crippen LogP) is 5.81. The third-order valence-electron chi connectivity index (χ3n) is 6.39. The fourth-order valence-electron chi connectivity index (χ4n) is 4.51. The van der Waals surface area contributed by atoms with Crippen LogP contribution in [-0.4, -0.2) is 52.6 Å². The summed E-state index contributed by atoms with van der Waals surface area (Å²) in [4.78, 5) is 24.6. The lowest BCUT2D eigenvalue weighted by atomic mass is 9.93. The number of urea groups is 1. The number of amides is 2. The van der Waals surface area contributed by atoms with E-state index in [9.17, 15) is 4.79 Å². The number of carbonyl (C=O) groups excluding carboxylic acids is 1. The van der Waals surface area contributed by atoms with E-state index in [0.29, 0.717) is 25.1 Å². The van der Waals surface area contributed by atoms with Crippen LogP contribution in [0.3, 0.4) is 0 Å². The summed E-state index contributed by atoms with van der Waals surface area (Å²) in [5.74, 6) is 1.63. The van der Waals surface area contributed by atoms with E-state index in [1.54, 1.807) is 0 Å². The van der Waals surface area contributed by atoms with Gasteiger partial charge in [0, 0.05) is 34.7 Å². The predicted molar refractivity (Wildman–Crippen MR) is 145 cm³/mol. The van der Waals surface area contributed by atoms with Gasteiger partial charge in [0.15, 0.2) is 5.82 Å². The van der Waals surface area contributed by atoms with Crippen molar-refractivity contribution < 1.29 is 9.53 Å². The zero-order valence-corrected chi connectivity index (χ0v) is 22.7. The first-order valence-corrected chi connectivity index (χ1v) is 13.4. The minimum Gasteiger partial charge on any atom is -0.377 e. The molecule has 0 spiro atoms. The van der Waals surface area contributed by atoms with Gasteiger partial charge in [0.2, 0.25) is 0 Å². The first-order chi connectivity index (χ1) is 16.5. The van der Waals surface area contributed by atoms with Gasteiger partial charge in [0.25, 0.3) is 0 Å². The number of hydrogen-bond donors (Lipinski definition) is 2. The molecule has 1 saturated heterocycles. The molecule has 0 bridgehead atoms. The summed E-state index contributed by atoms with van der Waals surface area (Å²) in [6, 6.07) is 10.3. The summed E-state index contributed by atoms with van der Waals surface area (Å²) in [7, 11) is 0. The van der Waals surface area contributed by atoms with E-state index in [2.05, 4.69) is 63.1 Å². The average Bonchev–Trinajstić information content (AvgIpc) is 2.75. The monoisotopic (exact) mass is 497 g/mol. The van der Waals surface area contributed by atoms with Crippen molar-refractivity contribution >= 4 is 29.3 Å². The quantitative estimate of drug-likeness (QED) is 0.524. The van der Waals surface area contributed by atoms with E-state index in [1.807, 2.05) is 36.0 Å². The molecule has 1 aromatic heterocycles. The van der Waals surface area contributed by atoms with Gasteiger partial charge in [0.05, 0.1) is 29.7 Å². The van der Waals surface area contributed by atoms with Crippen LogP contribution < -0.4 is 15.5 Å². The van der Waals surface area contributed by atoms with Gasteiger partial charge in [-0.3, -0.25) is 0 Å². The lowest BCUT2D eigenvalue weighted by Gasteiger charge is -2.36. The number of ether oxygens (including phenoxy) is 1. The molecule has 2 N–H and O–H groups in total. The molecule has 0 radical (unpaired) electrons. The molecule has 0 unspecified atom stereocenters. The van der Waals surface area contributed by atoms with Crippen molar-refractivity contribution in [1.29, 1.82) is 0 Å². The van der Waals surface area contributed by atoms with Gasteiger partial charge in [-0.1, -0.05) is 20.8 Å². The summed E-state index contributed by atoms with van der Waals surface area (Å²) in [5.41, 5.74) is 2.70. The Balaban J connectivity index is 1.62. The number of anilines is 2. The Morgan fingerprint density at radius 1 is 1.11 bits per heavy atom. The summed E-state index contributed by atoms with van der Waals surface area (Å²) in [6.07, 6.45) is 3.32. The first kappa shape index (κ1) is 25.8. The topological polar surface area (TPSA) is 79.4 Å². The molecule has 1 aliphatic carbocycles. The van der Waals surface area contributed by atoms with Crippen molar-refractivity contribution in [2.75, 3.05) is 30.0 Å². The van der Waals surface area contributed by atoms with Crippen LogP contribution in [-0.2, 0) is 9.48 Å². The number of carbonyl (C=O) groups is 1. The molecule has 7 nitrogen and oxygen atoms in total. The highest BCUT2D eigenvalue weighted by atomic mass is 32.2. The van der Waals surface area contributed by atoms with Crippen LogP contribution >= 0.6 is 11.8 Å². The number of rotatable bonds is 6. The van der Waals surface area contributed by atoms with Crippen LogP contribution in [0, 0.1) is 0 Å². The zero-order valence-electron chi connectivity index (χ0n) is 21.9. The fourth-order valence-corrected chi connectivity index (χ4v) is 6.25. The largest absolute Gasteiger partial charge is 0.377 e. The molecule has 2 aliphatic rings. The minimum absolute atomic E-state index is 0.0917. The van der Waals surface area contributed by atoms with Crippen LogP contribution in [0.25, 0.3) is 11.4 Å². The number of nitrogens with zero attached hydrogens (tertiary/aromatic N) is 3. The van der Waals surface area contributed by atoms with Gasteiger partial charge in [0.1, 0.15) is 5.82 Å². The molecular formula is C27H39N5O2S. The first-order valence-electron chi connectivity index (χ1n) is 12.6. The van der Waals surface area contributed by atoms with Crippen molar-refractivity contribution in [3.05, 3.63) is 36.0 Å². The van der Waals surface area contributed by atoms with E-state index in [4.69, 9.17) is 14.7 Å². The molecule has 35 heavy (non-hydrogen) atoms. The Kier molecular flexibility index (Phi) is 7.62. The van der Waals surface area contributed by atoms with Crippen LogP contribution in [0.4, 0.5) is 16.3 Å². The van der Waals surface area contributed by atoms with Gasteiger partial charge in [-0.05, 0) is 64.3 Å². The SMILES string of the molecule is C[C@H]1COCCN1c1cc(C(C)(C)SC(C)(C)C)nc(-c2ccc(NC(=O)NC3CCC3)cc2)n1. The van der Waals surface area contributed by atoms with Crippen molar-refractivity contribution in [3.8, 4) is 11.4 Å². The van der Waals surface area contributed by atoms with Crippen LogP contribution in [0.15, 0.2) is 30.3 Å². The second-order valence-corrected chi connectivity index (χ2v) is 13.5. The Labute approximate surface area is 213 Å². The maximum Gasteiger partial charge on any atom is 0.319 e. The van der Waals surface area contributed by atoms with Gasteiger partial charge in [-0.25, -0.2) is 14.8 Å². The zero-order chi connectivity index (χ0) is 25.2. The summed E-state index contributed by atoms with van der Waals surface area (Å²) < 4.78 is 5.56. The smallest absolute Gasteiger partial charge is 0.319 e. The number of aromatic nitrogens is 2. The van der Waals surface area contributed by atoms with Gasteiger partial charge in [-0.15, -0.1) is 11.8 Å². The number of thioether (sulfide) groups is 1. The highest BCUT2D eigenvalue weighted by Crippen LogP contribution is 2.43. The molecule has 190 valence electrons. The number of benzene rings is 1. The highest BCUT2D eigenvalue weighted by molar-refractivity contribution is 8.01. The van der Waals surface area contributed by atoms with Crippen molar-refractivity contribution in [2.24, 2.45) is 0 Å². The fraction of sp³-hybridized carbons (Fsp3) is 0.593. The molecule has 2 heterocycles. The van der Waals surface area contributed by atoms with Crippen LogP contribution in [0.1, 0.15) is 66.5 Å². The van der Waals surface area contributed by atoms with E-state index in [0.717, 1.165) is 42.1 Å². The van der Waals surface area contributed by atoms with Crippen LogP contribution in [0.5, 0.6) is 0 Å². The van der Waals surface area contributed by atoms with Gasteiger partial charge < -0.3 is 20.3 Å². The lowest BCUT2D eigenvalue weighted by Crippen LogP contribution is -2.44. The summed E-state index contributed by atoms with van der Waals surface area (Å²) in [6.45, 7) is 15.5. The van der Waals surface area contributed by atoms with Crippen molar-refractivity contribution in [3.63, 3.8) is 0 Å². The Hall–Kier alpha value is -2.32. The lowest BCUT2D eigenvalue weighted by molar-refractivity contribution is 0.0985. The molecule has 4 rings (SSSR count). The van der Waals surface area contributed by atoms with E-state index in [-0.39, 0.29) is 21.6 Å². The Morgan fingerprint density at radius 2 is 1.83 bits per heavy atom. The number of hydrogen-bond acceptors (Lipinski definition) is 6. The average molecular weight is 498 g/mol. The van der Waals surface area contributed by atoms with Gasteiger partial charge >= 0.3 is 6.03 Å². The number of nitrogens with one attached hydrogen (secondary N) is 2. The maximum atomic E-state index is 12.2. The van der Waals surface area contributed by atoms with Crippen molar-refractivity contribution in [1.82, 2.24) is 15.3 Å². The molecule has 1 aromatic carbocycles. The standard InChI is InChI=1S/C27H39N5O2S/c1-18-17-34-15-14-32(18)23-16-22(27(5,6)35-26(2,3)4)30-24(31-23)19-10-12-21(13-11-19)29-25(33)28-20-8-7-9-20/h10-13,16,18,20H,7-9,14-15,17H2,1-6H3,(H2,28,29,33)/t18-/m0/s1. The maximum absolute atomic E-state index is 12.2. The second-order valence-electron chi connectivity index (χ2n) is 11.1. The third-order valence-corrected chi connectivity index (χ3v) is 7.73. The Bertz CT molecular complexity index is 1030. The van der Waals surface area contributed by atoms with E-state index in [1.165, 1.54) is 6.42 Å². The van der Waals surface area contributed by atoms with E-state index < -0.39 is 0 Å². The molecule has 1 atom stereocenters. The molecule has 8 heteroatoms. The molecular weight excluding hydrogens is 458 g/mol. The molecule has 1 saturated carbocycles. The van der Waals surface area contributed by atoms with Gasteiger partial charge in [-0.2, -0.15) is 0 Å². The summed E-state index contributed by atoms with van der Waals surface area (Å²) >= 11 is 1.90. The summed E-state index contributed by atoms with van der Waals surface area (Å²) in [5, 5.41) is 5.94. The highest BCUT2D eigenvalue weighted by Gasteiger charge is 2.32. The molecule has 1 aliphatic heterocycles. The number of morpholine rings is 1. The second kappa shape index (κ2) is 10.3. The van der Waals surface area contributed by atoms with Crippen molar-refractivity contribution in [2.45, 2.75) is 82.4 Å². The third kappa shape index (κ3) is 6.67.